The highest BCUT2D eigenvalue weighted by Gasteiger charge is 2.17. The fraction of sp³-hybridized carbons (Fsp3) is 0.133. The molecule has 0 bridgehead atoms. The minimum atomic E-state index is -3.89. The van der Waals surface area contributed by atoms with Crippen molar-refractivity contribution in [3.63, 3.8) is 0 Å². The Morgan fingerprint density at radius 1 is 1.05 bits per heavy atom. The molecule has 0 saturated carbocycles. The van der Waals surface area contributed by atoms with Crippen LogP contribution in [0, 0.1) is 6.92 Å². The molecule has 0 aliphatic heterocycles. The van der Waals surface area contributed by atoms with Gasteiger partial charge in [0.1, 0.15) is 10.6 Å². The number of rotatable bonds is 4. The predicted molar refractivity (Wildman–Crippen MR) is 75.4 cm³/mol. The summed E-state index contributed by atoms with van der Waals surface area (Å²) >= 11 is 0. The van der Waals surface area contributed by atoms with E-state index in [2.05, 4.69) is 0 Å². The van der Waals surface area contributed by atoms with Gasteiger partial charge in [0.15, 0.2) is 5.78 Å². The van der Waals surface area contributed by atoms with Crippen molar-refractivity contribution < 1.29 is 17.4 Å². The summed E-state index contributed by atoms with van der Waals surface area (Å²) < 4.78 is 29.3. The summed E-state index contributed by atoms with van der Waals surface area (Å²) in [6.45, 7) is 3.21. The maximum absolute atomic E-state index is 12.1. The number of carbonyl (C=O) groups excluding carboxylic acids is 1. The van der Waals surface area contributed by atoms with Gasteiger partial charge in [-0.1, -0.05) is 24.3 Å². The average molecular weight is 290 g/mol. The zero-order valence-electron chi connectivity index (χ0n) is 11.2. The topological polar surface area (TPSA) is 60.4 Å². The van der Waals surface area contributed by atoms with Crippen molar-refractivity contribution in [2.45, 2.75) is 18.7 Å². The molecule has 0 heterocycles. The Bertz CT molecular complexity index is 748. The molecule has 2 aromatic carbocycles. The molecule has 0 aliphatic carbocycles. The zero-order chi connectivity index (χ0) is 14.8. The van der Waals surface area contributed by atoms with E-state index in [9.17, 15) is 13.2 Å². The van der Waals surface area contributed by atoms with Gasteiger partial charge in [0.2, 0.25) is 0 Å². The Labute approximate surface area is 118 Å². The molecule has 0 unspecified atom stereocenters. The van der Waals surface area contributed by atoms with Crippen LogP contribution >= 0.6 is 0 Å². The lowest BCUT2D eigenvalue weighted by atomic mass is 10.1. The van der Waals surface area contributed by atoms with Crippen LogP contribution in [0.5, 0.6) is 5.75 Å². The highest BCUT2D eigenvalue weighted by atomic mass is 32.2. The maximum Gasteiger partial charge on any atom is 0.339 e. The van der Waals surface area contributed by atoms with E-state index in [0.29, 0.717) is 5.56 Å². The Morgan fingerprint density at radius 2 is 1.75 bits per heavy atom. The van der Waals surface area contributed by atoms with Gasteiger partial charge in [-0.15, -0.1) is 0 Å². The molecule has 0 aromatic heterocycles. The van der Waals surface area contributed by atoms with Crippen molar-refractivity contribution in [2.24, 2.45) is 0 Å². The van der Waals surface area contributed by atoms with Crippen LogP contribution < -0.4 is 4.18 Å². The molecule has 0 spiro atoms. The smallest absolute Gasteiger partial charge is 0.339 e. The molecule has 0 aliphatic rings. The summed E-state index contributed by atoms with van der Waals surface area (Å²) in [4.78, 5) is 11.4. The van der Waals surface area contributed by atoms with Gasteiger partial charge in [-0.2, -0.15) is 8.42 Å². The van der Waals surface area contributed by atoms with Crippen LogP contribution in [0.2, 0.25) is 0 Å². The molecule has 0 N–H and O–H groups in total. The van der Waals surface area contributed by atoms with Gasteiger partial charge in [-0.3, -0.25) is 4.79 Å². The molecule has 2 rings (SSSR count). The normalized spacial score (nSPS) is 11.1. The number of hydrogen-bond acceptors (Lipinski definition) is 4. The Kier molecular flexibility index (Phi) is 3.90. The van der Waals surface area contributed by atoms with Crippen molar-refractivity contribution in [2.75, 3.05) is 0 Å². The van der Waals surface area contributed by atoms with Crippen molar-refractivity contribution in [1.29, 1.82) is 0 Å². The second kappa shape index (κ2) is 5.46. The highest BCUT2D eigenvalue weighted by Crippen LogP contribution is 2.20. The van der Waals surface area contributed by atoms with Gasteiger partial charge >= 0.3 is 10.1 Å². The van der Waals surface area contributed by atoms with E-state index in [1.165, 1.54) is 31.2 Å². The zero-order valence-corrected chi connectivity index (χ0v) is 12.0. The van der Waals surface area contributed by atoms with Gasteiger partial charge in [-0.05, 0) is 43.7 Å². The molecule has 4 nitrogen and oxygen atoms in total. The van der Waals surface area contributed by atoms with Crippen molar-refractivity contribution in [3.05, 3.63) is 59.7 Å². The summed E-state index contributed by atoms with van der Waals surface area (Å²) in [5, 5.41) is 0. The Hall–Kier alpha value is -2.14. The highest BCUT2D eigenvalue weighted by molar-refractivity contribution is 7.87. The van der Waals surface area contributed by atoms with Crippen LogP contribution in [0.4, 0.5) is 0 Å². The second-order valence-corrected chi connectivity index (χ2v) is 5.98. The third-order valence-corrected chi connectivity index (χ3v) is 3.97. The van der Waals surface area contributed by atoms with E-state index >= 15 is 0 Å². The SMILES string of the molecule is CC(=O)c1cccc(OS(=O)(=O)c2cccc(C)c2)c1. The van der Waals surface area contributed by atoms with Crippen LogP contribution in [-0.4, -0.2) is 14.2 Å². The lowest BCUT2D eigenvalue weighted by Gasteiger charge is -2.08. The first-order valence-corrected chi connectivity index (χ1v) is 7.41. The number of carbonyl (C=O) groups is 1. The molecule has 5 heteroatoms. The van der Waals surface area contributed by atoms with E-state index in [0.717, 1.165) is 5.56 Å². The monoisotopic (exact) mass is 290 g/mol. The second-order valence-electron chi connectivity index (χ2n) is 4.44. The molecule has 104 valence electrons. The summed E-state index contributed by atoms with van der Waals surface area (Å²) in [6, 6.07) is 12.6. The van der Waals surface area contributed by atoms with Gasteiger partial charge in [-0.25, -0.2) is 0 Å². The standard InChI is InChI=1S/C15H14O4S/c1-11-5-3-8-15(9-11)20(17,18)19-14-7-4-6-13(10-14)12(2)16/h3-10H,1-2H3. The van der Waals surface area contributed by atoms with E-state index < -0.39 is 10.1 Å². The molecular weight excluding hydrogens is 276 g/mol. The fourth-order valence-electron chi connectivity index (χ4n) is 1.71. The number of ketones is 1. The number of benzene rings is 2. The van der Waals surface area contributed by atoms with Gasteiger partial charge in [0.25, 0.3) is 0 Å². The van der Waals surface area contributed by atoms with E-state index in [-0.39, 0.29) is 16.4 Å². The van der Waals surface area contributed by atoms with Crippen LogP contribution in [-0.2, 0) is 10.1 Å². The average Bonchev–Trinajstić information content (AvgIpc) is 2.38. The lowest BCUT2D eigenvalue weighted by Crippen LogP contribution is -2.10. The fourth-order valence-corrected chi connectivity index (χ4v) is 2.74. The Morgan fingerprint density at radius 3 is 2.40 bits per heavy atom. The molecule has 2 aromatic rings. The van der Waals surface area contributed by atoms with Crippen LogP contribution in [0.3, 0.4) is 0 Å². The van der Waals surface area contributed by atoms with Crippen LogP contribution in [0.25, 0.3) is 0 Å². The number of Topliss-reactive ketones (excluding diaryl/α,β-unsaturated/α-hetero) is 1. The first kappa shape index (κ1) is 14.3. The van der Waals surface area contributed by atoms with Crippen molar-refractivity contribution >= 4 is 15.9 Å². The van der Waals surface area contributed by atoms with E-state index in [1.807, 2.05) is 0 Å². The first-order valence-electron chi connectivity index (χ1n) is 6.01. The number of aryl methyl sites for hydroxylation is 1. The number of hydrogen-bond donors (Lipinski definition) is 0. The van der Waals surface area contributed by atoms with Crippen molar-refractivity contribution in [3.8, 4) is 5.75 Å². The molecule has 0 amide bonds. The van der Waals surface area contributed by atoms with Crippen molar-refractivity contribution in [1.82, 2.24) is 0 Å². The third-order valence-electron chi connectivity index (χ3n) is 2.72. The summed E-state index contributed by atoms with van der Waals surface area (Å²) in [7, 11) is -3.89. The predicted octanol–water partition coefficient (Wildman–Crippen LogP) is 2.97. The van der Waals surface area contributed by atoms with Crippen LogP contribution in [0.15, 0.2) is 53.4 Å². The molecule has 0 radical (unpaired) electrons. The molecule has 0 fully saturated rings. The van der Waals surface area contributed by atoms with Gasteiger partial charge in [0.05, 0.1) is 0 Å². The summed E-state index contributed by atoms with van der Waals surface area (Å²) in [5.74, 6) is -0.0254. The van der Waals surface area contributed by atoms with E-state index in [4.69, 9.17) is 4.18 Å². The lowest BCUT2D eigenvalue weighted by molar-refractivity contribution is 0.101. The Balaban J connectivity index is 2.33. The minimum absolute atomic E-state index is 0.0886. The quantitative estimate of drug-likeness (QED) is 0.641. The van der Waals surface area contributed by atoms with Gasteiger partial charge < -0.3 is 4.18 Å². The molecular formula is C15H14O4S. The van der Waals surface area contributed by atoms with Gasteiger partial charge in [0, 0.05) is 5.56 Å². The summed E-state index contributed by atoms with van der Waals surface area (Å²) in [5.41, 5.74) is 1.23. The van der Waals surface area contributed by atoms with Crippen LogP contribution in [0.1, 0.15) is 22.8 Å². The largest absolute Gasteiger partial charge is 0.379 e. The molecule has 20 heavy (non-hydrogen) atoms. The van der Waals surface area contributed by atoms with E-state index in [1.54, 1.807) is 31.2 Å². The molecule has 0 atom stereocenters. The molecule has 0 saturated heterocycles. The minimum Gasteiger partial charge on any atom is -0.379 e. The third kappa shape index (κ3) is 3.24. The maximum atomic E-state index is 12.1. The summed E-state index contributed by atoms with van der Waals surface area (Å²) in [6.07, 6.45) is 0. The first-order chi connectivity index (χ1) is 9.38.